The number of hydrogen-bond donors (Lipinski definition) is 2. The Hall–Kier alpha value is -3.54. The van der Waals surface area contributed by atoms with Crippen LogP contribution in [-0.4, -0.2) is 18.1 Å². The van der Waals surface area contributed by atoms with E-state index in [-0.39, 0.29) is 11.7 Å². The van der Waals surface area contributed by atoms with Gasteiger partial charge in [-0.05, 0) is 18.2 Å². The molecule has 2 N–H and O–H groups in total. The lowest BCUT2D eigenvalue weighted by molar-refractivity contribution is -0.705. The molecular formula is C21H19N2O4+. The zero-order valence-corrected chi connectivity index (χ0v) is 15.0. The minimum atomic E-state index is -0.520. The van der Waals surface area contributed by atoms with Gasteiger partial charge in [-0.15, -0.1) is 0 Å². The fraction of sp³-hybridized carbons (Fsp3) is 0.143. The second kappa shape index (κ2) is 6.64. The van der Waals surface area contributed by atoms with E-state index in [1.807, 2.05) is 30.3 Å². The van der Waals surface area contributed by atoms with E-state index in [1.165, 1.54) is 6.20 Å². The Balaban J connectivity index is 1.70. The first-order valence-electron chi connectivity index (χ1n) is 8.57. The third kappa shape index (κ3) is 3.06. The van der Waals surface area contributed by atoms with E-state index < -0.39 is 6.04 Å². The number of nitrogens with one attached hydrogen (secondary N) is 1. The van der Waals surface area contributed by atoms with Crippen LogP contribution in [0.5, 0.6) is 11.5 Å². The quantitative estimate of drug-likeness (QED) is 0.541. The lowest BCUT2D eigenvalue weighted by Crippen LogP contribution is -2.43. The number of methoxy groups -OCH3 is 1. The summed E-state index contributed by atoms with van der Waals surface area (Å²) in [6.45, 7) is 1.75. The Labute approximate surface area is 155 Å². The van der Waals surface area contributed by atoms with Gasteiger partial charge in [0.1, 0.15) is 16.9 Å². The Bertz CT molecular complexity index is 1150. The van der Waals surface area contributed by atoms with Crippen LogP contribution in [0.1, 0.15) is 13.0 Å². The summed E-state index contributed by atoms with van der Waals surface area (Å²) in [7, 11) is 1.56. The summed E-state index contributed by atoms with van der Waals surface area (Å²) in [6, 6.07) is 14.1. The number of hydrogen-bond acceptors (Lipinski definition) is 4. The number of carbonyl (C=O) groups excluding carboxylic acids is 1. The zero-order chi connectivity index (χ0) is 19.0. The molecule has 2 aromatic carbocycles. The van der Waals surface area contributed by atoms with E-state index in [4.69, 9.17) is 9.15 Å². The number of fused-ring (bicyclic) bond motifs is 3. The van der Waals surface area contributed by atoms with Gasteiger partial charge in [-0.3, -0.25) is 4.79 Å². The number of nitrogens with zero attached hydrogens (tertiary/aromatic N) is 1. The number of benzene rings is 2. The molecule has 0 aliphatic carbocycles. The summed E-state index contributed by atoms with van der Waals surface area (Å²) in [6.07, 6.45) is 3.23. The van der Waals surface area contributed by atoms with Gasteiger partial charge in [-0.2, -0.15) is 4.57 Å². The Morgan fingerprint density at radius 1 is 1.15 bits per heavy atom. The maximum absolute atomic E-state index is 12.7. The summed E-state index contributed by atoms with van der Waals surface area (Å²) in [5, 5.41) is 14.4. The first kappa shape index (κ1) is 16.9. The van der Waals surface area contributed by atoms with Gasteiger partial charge < -0.3 is 19.6 Å². The highest BCUT2D eigenvalue weighted by Gasteiger charge is 2.24. The zero-order valence-electron chi connectivity index (χ0n) is 15.0. The highest BCUT2D eigenvalue weighted by atomic mass is 16.5. The van der Waals surface area contributed by atoms with Crippen molar-refractivity contribution in [1.82, 2.24) is 0 Å². The molecule has 0 spiro atoms. The smallest absolute Gasteiger partial charge is 0.293 e. The average molecular weight is 363 g/mol. The minimum absolute atomic E-state index is 0.0958. The second-order valence-electron chi connectivity index (χ2n) is 6.32. The van der Waals surface area contributed by atoms with Crippen molar-refractivity contribution in [1.29, 1.82) is 0 Å². The first-order valence-corrected chi connectivity index (χ1v) is 8.57. The molecule has 1 amide bonds. The molecule has 27 heavy (non-hydrogen) atoms. The molecule has 0 radical (unpaired) electrons. The topological polar surface area (TPSA) is 75.6 Å². The second-order valence-corrected chi connectivity index (χ2v) is 6.32. The van der Waals surface area contributed by atoms with Gasteiger partial charge in [0.2, 0.25) is 12.2 Å². The van der Waals surface area contributed by atoms with Gasteiger partial charge in [0.25, 0.3) is 5.91 Å². The lowest BCUT2D eigenvalue weighted by atomic mass is 10.1. The number of rotatable bonds is 4. The summed E-state index contributed by atoms with van der Waals surface area (Å²) in [5.41, 5.74) is 1.98. The van der Waals surface area contributed by atoms with E-state index in [0.29, 0.717) is 17.0 Å². The molecule has 6 heteroatoms. The highest BCUT2D eigenvalue weighted by Crippen LogP contribution is 2.36. The van der Waals surface area contributed by atoms with Crippen molar-refractivity contribution in [3.63, 3.8) is 0 Å². The fourth-order valence-corrected chi connectivity index (χ4v) is 3.11. The monoisotopic (exact) mass is 363 g/mol. The standard InChI is InChI=1S/C21H18N2O4/c1-13(23-9-5-6-14(24)12-23)21(25)22-17-11-19-16(10-20(17)26-2)15-7-3-4-8-18(15)27-19/h3-13H,1-2H3,(H-,22,24,25)/p+1/t13-/m1/s1. The van der Waals surface area contributed by atoms with E-state index in [9.17, 15) is 9.90 Å². The highest BCUT2D eigenvalue weighted by molar-refractivity contribution is 6.07. The number of aromatic hydroxyl groups is 1. The maximum atomic E-state index is 12.7. The number of pyridine rings is 1. The van der Waals surface area contributed by atoms with Gasteiger partial charge in [0.15, 0.2) is 11.9 Å². The summed E-state index contributed by atoms with van der Waals surface area (Å²) >= 11 is 0. The Morgan fingerprint density at radius 3 is 2.74 bits per heavy atom. The third-order valence-corrected chi connectivity index (χ3v) is 4.59. The van der Waals surface area contributed by atoms with Gasteiger partial charge in [0, 0.05) is 29.8 Å². The van der Waals surface area contributed by atoms with Crippen molar-refractivity contribution in [2.75, 3.05) is 12.4 Å². The van der Waals surface area contributed by atoms with Crippen LogP contribution < -0.4 is 14.6 Å². The molecule has 2 aromatic heterocycles. The largest absolute Gasteiger partial charge is 0.503 e. The minimum Gasteiger partial charge on any atom is -0.503 e. The molecule has 2 heterocycles. The summed E-state index contributed by atoms with van der Waals surface area (Å²) in [5.74, 6) is 0.410. The van der Waals surface area contributed by atoms with Crippen LogP contribution in [0.25, 0.3) is 21.9 Å². The molecular weight excluding hydrogens is 344 g/mol. The lowest BCUT2D eigenvalue weighted by Gasteiger charge is -2.12. The number of carbonyl (C=O) groups is 1. The van der Waals surface area contributed by atoms with Crippen molar-refractivity contribution in [2.45, 2.75) is 13.0 Å². The molecule has 6 nitrogen and oxygen atoms in total. The van der Waals surface area contributed by atoms with Gasteiger partial charge >= 0.3 is 0 Å². The van der Waals surface area contributed by atoms with Crippen LogP contribution >= 0.6 is 0 Å². The molecule has 0 saturated heterocycles. The predicted molar refractivity (Wildman–Crippen MR) is 102 cm³/mol. The van der Waals surface area contributed by atoms with Crippen LogP contribution in [-0.2, 0) is 4.79 Å². The van der Waals surface area contributed by atoms with E-state index >= 15 is 0 Å². The molecule has 4 rings (SSSR count). The van der Waals surface area contributed by atoms with Crippen molar-refractivity contribution in [3.8, 4) is 11.5 Å². The van der Waals surface area contributed by atoms with Gasteiger partial charge in [-0.1, -0.05) is 18.2 Å². The summed E-state index contributed by atoms with van der Waals surface area (Å²) in [4.78, 5) is 12.7. The van der Waals surface area contributed by atoms with E-state index in [2.05, 4.69) is 5.32 Å². The molecule has 0 saturated carbocycles. The van der Waals surface area contributed by atoms with Crippen molar-refractivity contribution < 1.29 is 23.6 Å². The molecule has 0 aliphatic rings. The number of anilines is 1. The van der Waals surface area contributed by atoms with E-state index in [1.54, 1.807) is 43.0 Å². The maximum Gasteiger partial charge on any atom is 0.293 e. The summed E-state index contributed by atoms with van der Waals surface area (Å²) < 4.78 is 13.0. The number of ether oxygens (including phenoxy) is 1. The first-order chi connectivity index (χ1) is 13.1. The van der Waals surface area contributed by atoms with Crippen molar-refractivity contribution in [2.24, 2.45) is 0 Å². The third-order valence-electron chi connectivity index (χ3n) is 4.59. The SMILES string of the molecule is COc1cc2c(cc1NC(=O)[C@@H](C)[n+]1cccc(O)c1)oc1ccccc12. The molecule has 4 aromatic rings. The number of amides is 1. The molecule has 0 unspecified atom stereocenters. The van der Waals surface area contributed by atoms with Crippen LogP contribution in [0.15, 0.2) is 65.3 Å². The number of furan rings is 1. The Kier molecular flexibility index (Phi) is 4.16. The fourth-order valence-electron chi connectivity index (χ4n) is 3.11. The number of para-hydroxylation sites is 1. The molecule has 136 valence electrons. The average Bonchev–Trinajstić information content (AvgIpc) is 3.04. The molecule has 0 aliphatic heterocycles. The van der Waals surface area contributed by atoms with Gasteiger partial charge in [0.05, 0.1) is 12.8 Å². The van der Waals surface area contributed by atoms with Crippen molar-refractivity contribution in [3.05, 3.63) is 60.9 Å². The normalized spacial score (nSPS) is 12.2. The Morgan fingerprint density at radius 2 is 1.96 bits per heavy atom. The predicted octanol–water partition coefficient (Wildman–Crippen LogP) is 3.79. The number of aromatic nitrogens is 1. The van der Waals surface area contributed by atoms with Gasteiger partial charge in [-0.25, -0.2) is 0 Å². The van der Waals surface area contributed by atoms with Crippen LogP contribution in [0, 0.1) is 0 Å². The van der Waals surface area contributed by atoms with Crippen LogP contribution in [0.2, 0.25) is 0 Å². The van der Waals surface area contributed by atoms with Crippen LogP contribution in [0.3, 0.4) is 0 Å². The molecule has 0 bridgehead atoms. The van der Waals surface area contributed by atoms with E-state index in [0.717, 1.165) is 16.4 Å². The van der Waals surface area contributed by atoms with Crippen molar-refractivity contribution >= 4 is 33.5 Å². The molecule has 0 fully saturated rings. The molecule has 1 atom stereocenters. The van der Waals surface area contributed by atoms with Crippen LogP contribution in [0.4, 0.5) is 5.69 Å².